The molecule has 0 aliphatic rings. The smallest absolute Gasteiger partial charge is 0.261 e. The number of hydrogen-bond acceptors (Lipinski definition) is 8. The minimum atomic E-state index is -0.141. The summed E-state index contributed by atoms with van der Waals surface area (Å²) in [5.74, 6) is 0.641. The highest BCUT2D eigenvalue weighted by molar-refractivity contribution is 5.95. The van der Waals surface area contributed by atoms with Crippen molar-refractivity contribution >= 4 is 28.2 Å². The second-order valence-corrected chi connectivity index (χ2v) is 8.07. The molecule has 176 valence electrons. The van der Waals surface area contributed by atoms with Crippen LogP contribution in [0.4, 0.5) is 17.5 Å². The lowest BCUT2D eigenvalue weighted by atomic mass is 10.1. The summed E-state index contributed by atoms with van der Waals surface area (Å²) in [4.78, 5) is 25.8. The van der Waals surface area contributed by atoms with E-state index in [1.807, 2.05) is 53.5 Å². The van der Waals surface area contributed by atoms with E-state index in [9.17, 15) is 4.79 Å². The number of aryl methyl sites for hydroxylation is 1. The molecule has 4 heterocycles. The largest absolute Gasteiger partial charge is 0.383 e. The van der Waals surface area contributed by atoms with Gasteiger partial charge in [-0.25, -0.2) is 15.0 Å². The number of fused-ring (bicyclic) bond motifs is 1. The van der Waals surface area contributed by atoms with Crippen molar-refractivity contribution in [2.45, 2.75) is 6.54 Å². The minimum absolute atomic E-state index is 0.141. The molecule has 0 atom stereocenters. The number of methoxy groups -OCH3 is 1. The maximum Gasteiger partial charge on any atom is 0.261 e. The Balaban J connectivity index is 1.50. The SMILES string of the molecule is COCCn1cc(-c2ccc(Nc3nc(-c4cnc(N)nc4)cc4ccn(C)c(=O)c34)cc2)cn1. The summed E-state index contributed by atoms with van der Waals surface area (Å²) in [6.45, 7) is 1.30. The minimum Gasteiger partial charge on any atom is -0.383 e. The molecule has 0 spiro atoms. The third-order valence-corrected chi connectivity index (χ3v) is 5.67. The van der Waals surface area contributed by atoms with E-state index in [2.05, 4.69) is 20.4 Å². The van der Waals surface area contributed by atoms with E-state index in [-0.39, 0.29) is 11.5 Å². The fourth-order valence-electron chi connectivity index (χ4n) is 3.77. The lowest BCUT2D eigenvalue weighted by Crippen LogP contribution is -2.17. The molecule has 0 saturated carbocycles. The normalized spacial score (nSPS) is 11.1. The molecule has 0 bridgehead atoms. The van der Waals surface area contributed by atoms with Gasteiger partial charge in [0.15, 0.2) is 0 Å². The number of nitrogens with one attached hydrogen (secondary N) is 1. The fourth-order valence-corrected chi connectivity index (χ4v) is 3.77. The third-order valence-electron chi connectivity index (χ3n) is 5.67. The molecule has 0 aliphatic heterocycles. The molecule has 0 saturated heterocycles. The van der Waals surface area contributed by atoms with Gasteiger partial charge in [-0.1, -0.05) is 12.1 Å². The predicted molar refractivity (Wildman–Crippen MR) is 135 cm³/mol. The second-order valence-electron chi connectivity index (χ2n) is 8.07. The fraction of sp³-hybridized carbons (Fsp3) is 0.160. The maximum atomic E-state index is 13.0. The van der Waals surface area contributed by atoms with Crippen LogP contribution in [-0.2, 0) is 18.3 Å². The van der Waals surface area contributed by atoms with E-state index in [0.717, 1.165) is 22.2 Å². The molecule has 10 nitrogen and oxygen atoms in total. The number of aromatic nitrogens is 6. The van der Waals surface area contributed by atoms with E-state index in [1.165, 1.54) is 4.57 Å². The monoisotopic (exact) mass is 468 g/mol. The maximum absolute atomic E-state index is 13.0. The zero-order valence-corrected chi connectivity index (χ0v) is 19.3. The van der Waals surface area contributed by atoms with Gasteiger partial charge in [-0.05, 0) is 35.2 Å². The second kappa shape index (κ2) is 9.35. The number of hydrogen-bond donors (Lipinski definition) is 2. The number of pyridine rings is 2. The molecule has 35 heavy (non-hydrogen) atoms. The van der Waals surface area contributed by atoms with Gasteiger partial charge >= 0.3 is 0 Å². The van der Waals surface area contributed by atoms with E-state index in [1.54, 1.807) is 32.7 Å². The highest BCUT2D eigenvalue weighted by Crippen LogP contribution is 2.28. The van der Waals surface area contributed by atoms with Crippen molar-refractivity contribution in [3.8, 4) is 22.4 Å². The molecular weight excluding hydrogens is 444 g/mol. The number of nitrogens with two attached hydrogens (primary N) is 1. The molecule has 3 N–H and O–H groups in total. The summed E-state index contributed by atoms with van der Waals surface area (Å²) in [6, 6.07) is 11.6. The molecule has 0 amide bonds. The van der Waals surface area contributed by atoms with Crippen LogP contribution in [0, 0.1) is 0 Å². The third kappa shape index (κ3) is 4.59. The van der Waals surface area contributed by atoms with Crippen LogP contribution in [-0.4, -0.2) is 43.0 Å². The van der Waals surface area contributed by atoms with Crippen LogP contribution in [0.1, 0.15) is 0 Å². The zero-order valence-electron chi connectivity index (χ0n) is 19.3. The number of rotatable bonds is 7. The highest BCUT2D eigenvalue weighted by Gasteiger charge is 2.13. The first-order valence-corrected chi connectivity index (χ1v) is 11.0. The first-order valence-electron chi connectivity index (χ1n) is 11.0. The number of anilines is 3. The highest BCUT2D eigenvalue weighted by atomic mass is 16.5. The Hall–Kier alpha value is -4.57. The molecule has 0 radical (unpaired) electrons. The van der Waals surface area contributed by atoms with Gasteiger partial charge in [0.1, 0.15) is 5.82 Å². The molecule has 0 aliphatic carbocycles. The number of nitrogens with zero attached hydrogens (tertiary/aromatic N) is 6. The molecule has 0 fully saturated rings. The average Bonchev–Trinajstić information content (AvgIpc) is 3.35. The Kier molecular flexibility index (Phi) is 5.94. The van der Waals surface area contributed by atoms with Crippen molar-refractivity contribution in [2.24, 2.45) is 7.05 Å². The number of ether oxygens (including phenoxy) is 1. The Labute approximate surface area is 201 Å². The number of nitrogen functional groups attached to an aromatic ring is 1. The van der Waals surface area contributed by atoms with Gasteiger partial charge in [-0.3, -0.25) is 9.48 Å². The van der Waals surface area contributed by atoms with Gasteiger partial charge in [0.05, 0.1) is 30.4 Å². The summed E-state index contributed by atoms with van der Waals surface area (Å²) in [7, 11) is 3.39. The van der Waals surface area contributed by atoms with E-state index in [0.29, 0.717) is 35.6 Å². The number of benzene rings is 1. The zero-order chi connectivity index (χ0) is 24.4. The first-order chi connectivity index (χ1) is 17.0. The average molecular weight is 469 g/mol. The molecule has 5 rings (SSSR count). The Bertz CT molecular complexity index is 1540. The summed E-state index contributed by atoms with van der Waals surface area (Å²) >= 11 is 0. The van der Waals surface area contributed by atoms with Crippen LogP contribution < -0.4 is 16.6 Å². The van der Waals surface area contributed by atoms with E-state index in [4.69, 9.17) is 15.5 Å². The van der Waals surface area contributed by atoms with Crippen LogP contribution in [0.2, 0.25) is 0 Å². The van der Waals surface area contributed by atoms with Gasteiger partial charge in [0.2, 0.25) is 5.95 Å². The molecule has 1 aromatic carbocycles. The van der Waals surface area contributed by atoms with Gasteiger partial charge in [-0.2, -0.15) is 5.10 Å². The lowest BCUT2D eigenvalue weighted by molar-refractivity contribution is 0.183. The summed E-state index contributed by atoms with van der Waals surface area (Å²) in [5.41, 5.74) is 9.66. The van der Waals surface area contributed by atoms with Crippen molar-refractivity contribution in [3.63, 3.8) is 0 Å². The Morgan fingerprint density at radius 2 is 1.80 bits per heavy atom. The van der Waals surface area contributed by atoms with Crippen LogP contribution in [0.5, 0.6) is 0 Å². The lowest BCUT2D eigenvalue weighted by Gasteiger charge is -2.12. The molecule has 4 aromatic heterocycles. The first kappa shape index (κ1) is 22.2. The molecule has 0 unspecified atom stereocenters. The molecule has 10 heteroatoms. The quantitative estimate of drug-likeness (QED) is 0.373. The van der Waals surface area contributed by atoms with Crippen LogP contribution in [0.15, 0.2) is 72.2 Å². The van der Waals surface area contributed by atoms with Gasteiger partial charge in [0, 0.05) is 55.8 Å². The summed E-state index contributed by atoms with van der Waals surface area (Å²) in [5, 5.41) is 8.95. The Morgan fingerprint density at radius 1 is 1.03 bits per heavy atom. The van der Waals surface area contributed by atoms with Crippen LogP contribution in [0.25, 0.3) is 33.2 Å². The topological polar surface area (TPSA) is 126 Å². The van der Waals surface area contributed by atoms with Crippen molar-refractivity contribution < 1.29 is 4.74 Å². The molecule has 5 aromatic rings. The van der Waals surface area contributed by atoms with Crippen molar-refractivity contribution in [2.75, 3.05) is 24.8 Å². The van der Waals surface area contributed by atoms with Crippen LogP contribution in [0.3, 0.4) is 0 Å². The van der Waals surface area contributed by atoms with Crippen molar-refractivity contribution in [3.05, 3.63) is 77.7 Å². The van der Waals surface area contributed by atoms with Crippen molar-refractivity contribution in [1.82, 2.24) is 29.3 Å². The summed E-state index contributed by atoms with van der Waals surface area (Å²) < 4.78 is 8.49. The van der Waals surface area contributed by atoms with Gasteiger partial charge < -0.3 is 20.4 Å². The standard InChI is InChI=1S/C25H24N8O2/c1-32-8-7-17-11-21(18-12-27-25(26)28-13-18)31-23(22(17)24(32)34)30-20-5-3-16(4-6-20)19-14-29-33(15-19)9-10-35-2/h3-8,11-15H,9-10H2,1-2H3,(H,30,31)(H2,26,27,28). The van der Waals surface area contributed by atoms with Gasteiger partial charge in [0.25, 0.3) is 5.56 Å². The van der Waals surface area contributed by atoms with E-state index < -0.39 is 0 Å². The van der Waals surface area contributed by atoms with Crippen LogP contribution >= 0.6 is 0 Å². The summed E-state index contributed by atoms with van der Waals surface area (Å²) in [6.07, 6.45) is 8.78. The molecular formula is C25H24N8O2. The Morgan fingerprint density at radius 3 is 2.54 bits per heavy atom. The van der Waals surface area contributed by atoms with Gasteiger partial charge in [-0.15, -0.1) is 0 Å². The predicted octanol–water partition coefficient (Wildman–Crippen LogP) is 3.23. The van der Waals surface area contributed by atoms with Crippen molar-refractivity contribution in [1.29, 1.82) is 0 Å². The van der Waals surface area contributed by atoms with E-state index >= 15 is 0 Å².